The molecule has 1 aliphatic carbocycles. The minimum absolute atomic E-state index is 0.00154. The molecule has 0 spiro atoms. The van der Waals surface area contributed by atoms with Gasteiger partial charge >= 0.3 is 6.18 Å². The summed E-state index contributed by atoms with van der Waals surface area (Å²) >= 11 is 6.11. The maximum Gasteiger partial charge on any atom is 0.416 e. The number of nitrogens with zero attached hydrogens (tertiary/aromatic N) is 2. The summed E-state index contributed by atoms with van der Waals surface area (Å²) in [7, 11) is -4.24. The van der Waals surface area contributed by atoms with Gasteiger partial charge < -0.3 is 10.2 Å². The van der Waals surface area contributed by atoms with Gasteiger partial charge in [0.25, 0.3) is 0 Å². The van der Waals surface area contributed by atoms with Crippen molar-refractivity contribution in [2.45, 2.75) is 63.8 Å². The molecule has 2 amide bonds. The number of carbonyl (C=O) groups is 2. The van der Waals surface area contributed by atoms with Crippen LogP contribution in [0.3, 0.4) is 0 Å². The third-order valence-corrected chi connectivity index (χ3v) is 7.95. The van der Waals surface area contributed by atoms with Gasteiger partial charge in [-0.05, 0) is 43.0 Å². The first-order valence-electron chi connectivity index (χ1n) is 12.3. The lowest BCUT2D eigenvalue weighted by molar-refractivity contribution is -0.140. The SMILES string of the molecule is CC[C@@H](C(=O)NC1CCCC1)N(Cc1ccccc1)C(=O)CN(c1cc(C(F)(F)F)ccc1Cl)S(C)(=O)=O. The van der Waals surface area contributed by atoms with Crippen molar-refractivity contribution in [2.75, 3.05) is 17.1 Å². The number of hydrogen-bond acceptors (Lipinski definition) is 4. The molecule has 0 bridgehead atoms. The first kappa shape index (κ1) is 29.8. The second-order valence-electron chi connectivity index (χ2n) is 9.35. The summed E-state index contributed by atoms with van der Waals surface area (Å²) in [6.07, 6.45) is -0.0549. The highest BCUT2D eigenvalue weighted by molar-refractivity contribution is 7.92. The Balaban J connectivity index is 1.97. The van der Waals surface area contributed by atoms with Crippen molar-refractivity contribution >= 4 is 39.1 Å². The molecule has 1 N–H and O–H groups in total. The van der Waals surface area contributed by atoms with E-state index in [0.29, 0.717) is 15.9 Å². The van der Waals surface area contributed by atoms with E-state index in [1.165, 1.54) is 4.90 Å². The number of alkyl halides is 3. The quantitative estimate of drug-likeness (QED) is 0.434. The fourth-order valence-electron chi connectivity index (χ4n) is 4.54. The molecule has 0 unspecified atom stereocenters. The molecular formula is C26H31ClF3N3O4S. The van der Waals surface area contributed by atoms with Gasteiger partial charge in [0, 0.05) is 12.6 Å². The molecule has 7 nitrogen and oxygen atoms in total. The van der Waals surface area contributed by atoms with Crippen LogP contribution in [0.1, 0.15) is 50.2 Å². The van der Waals surface area contributed by atoms with E-state index in [4.69, 9.17) is 11.6 Å². The summed E-state index contributed by atoms with van der Waals surface area (Å²) < 4.78 is 66.1. The molecule has 2 aromatic rings. The van der Waals surface area contributed by atoms with E-state index in [1.54, 1.807) is 37.3 Å². The highest BCUT2D eigenvalue weighted by Crippen LogP contribution is 2.36. The summed E-state index contributed by atoms with van der Waals surface area (Å²) in [5.41, 5.74) is -0.877. The third-order valence-electron chi connectivity index (χ3n) is 6.50. The van der Waals surface area contributed by atoms with E-state index in [0.717, 1.165) is 44.1 Å². The molecule has 0 heterocycles. The van der Waals surface area contributed by atoms with E-state index in [9.17, 15) is 31.2 Å². The first-order chi connectivity index (χ1) is 17.8. The normalized spacial score (nSPS) is 15.2. The maximum absolute atomic E-state index is 13.7. The zero-order valence-corrected chi connectivity index (χ0v) is 22.7. The molecule has 0 aliphatic heterocycles. The van der Waals surface area contributed by atoms with Crippen LogP contribution in [0.5, 0.6) is 0 Å². The highest BCUT2D eigenvalue weighted by atomic mass is 35.5. The summed E-state index contributed by atoms with van der Waals surface area (Å²) in [5, 5.41) is 2.72. The van der Waals surface area contributed by atoms with E-state index in [-0.39, 0.29) is 29.9 Å². The van der Waals surface area contributed by atoms with Crippen molar-refractivity contribution in [1.82, 2.24) is 10.2 Å². The van der Waals surface area contributed by atoms with Crippen molar-refractivity contribution < 1.29 is 31.2 Å². The van der Waals surface area contributed by atoms with Crippen molar-refractivity contribution in [3.8, 4) is 0 Å². The first-order valence-corrected chi connectivity index (χ1v) is 14.5. The Morgan fingerprint density at radius 1 is 1.11 bits per heavy atom. The van der Waals surface area contributed by atoms with Crippen LogP contribution >= 0.6 is 11.6 Å². The zero-order valence-electron chi connectivity index (χ0n) is 21.2. The molecular weight excluding hydrogens is 543 g/mol. The lowest BCUT2D eigenvalue weighted by Gasteiger charge is -2.33. The number of benzene rings is 2. The van der Waals surface area contributed by atoms with Crippen LogP contribution in [0.25, 0.3) is 0 Å². The molecule has 1 aliphatic rings. The van der Waals surface area contributed by atoms with Crippen LogP contribution in [-0.4, -0.2) is 50.0 Å². The molecule has 38 heavy (non-hydrogen) atoms. The van der Waals surface area contributed by atoms with Crippen molar-refractivity contribution in [3.05, 3.63) is 64.7 Å². The number of halogens is 4. The largest absolute Gasteiger partial charge is 0.416 e. The average Bonchev–Trinajstić information content (AvgIpc) is 3.35. The van der Waals surface area contributed by atoms with E-state index >= 15 is 0 Å². The van der Waals surface area contributed by atoms with Crippen LogP contribution in [-0.2, 0) is 32.3 Å². The van der Waals surface area contributed by atoms with Crippen LogP contribution in [0.4, 0.5) is 18.9 Å². The van der Waals surface area contributed by atoms with Crippen molar-refractivity contribution in [3.63, 3.8) is 0 Å². The monoisotopic (exact) mass is 573 g/mol. The number of rotatable bonds is 10. The summed E-state index contributed by atoms with van der Waals surface area (Å²) in [6.45, 7) is 0.909. The highest BCUT2D eigenvalue weighted by Gasteiger charge is 2.35. The minimum atomic E-state index is -4.75. The maximum atomic E-state index is 13.7. The number of anilines is 1. The van der Waals surface area contributed by atoms with E-state index in [2.05, 4.69) is 5.32 Å². The number of nitrogens with one attached hydrogen (secondary N) is 1. The summed E-state index contributed by atoms with van der Waals surface area (Å²) in [5.74, 6) is -1.10. The Kier molecular flexibility index (Phi) is 9.69. The van der Waals surface area contributed by atoms with Gasteiger partial charge in [-0.15, -0.1) is 0 Å². The Labute approximate surface area is 226 Å². The average molecular weight is 574 g/mol. The van der Waals surface area contributed by atoms with Gasteiger partial charge in [-0.25, -0.2) is 8.42 Å². The molecule has 1 atom stereocenters. The Bertz CT molecular complexity index is 1240. The van der Waals surface area contributed by atoms with Crippen LogP contribution < -0.4 is 9.62 Å². The Morgan fingerprint density at radius 3 is 2.29 bits per heavy atom. The third kappa shape index (κ3) is 7.63. The van der Waals surface area contributed by atoms with Gasteiger partial charge in [0.2, 0.25) is 21.8 Å². The molecule has 0 saturated heterocycles. The molecule has 12 heteroatoms. The lowest BCUT2D eigenvalue weighted by Crippen LogP contribution is -2.53. The summed E-state index contributed by atoms with van der Waals surface area (Å²) in [6, 6.07) is 10.2. The van der Waals surface area contributed by atoms with Crippen LogP contribution in [0.15, 0.2) is 48.5 Å². The number of amides is 2. The van der Waals surface area contributed by atoms with Gasteiger partial charge in [-0.1, -0.05) is 61.7 Å². The molecule has 3 rings (SSSR count). The molecule has 1 saturated carbocycles. The lowest BCUT2D eigenvalue weighted by atomic mass is 10.1. The standard InChI is InChI=1S/C26H31ClF3N3O4S/c1-3-22(25(35)31-20-11-7-8-12-20)32(16-18-9-5-4-6-10-18)24(34)17-33(38(2,36)37)23-15-19(26(28,29)30)13-14-21(23)27/h4-6,9-10,13-15,20,22H,3,7-8,11-12,16-17H2,1-2H3,(H,31,35)/t22-/m0/s1. The predicted octanol–water partition coefficient (Wildman–Crippen LogP) is 4.99. The molecule has 208 valence electrons. The van der Waals surface area contributed by atoms with Gasteiger partial charge in [-0.2, -0.15) is 13.2 Å². The Hall–Kier alpha value is -2.79. The van der Waals surface area contributed by atoms with E-state index < -0.39 is 45.9 Å². The van der Waals surface area contributed by atoms with Crippen LogP contribution in [0.2, 0.25) is 5.02 Å². The van der Waals surface area contributed by atoms with Gasteiger partial charge in [0.15, 0.2) is 0 Å². The molecule has 1 fully saturated rings. The van der Waals surface area contributed by atoms with Crippen molar-refractivity contribution in [2.24, 2.45) is 0 Å². The van der Waals surface area contributed by atoms with Gasteiger partial charge in [0.1, 0.15) is 12.6 Å². The fraction of sp³-hybridized carbons (Fsp3) is 0.462. The molecule has 0 radical (unpaired) electrons. The molecule has 2 aromatic carbocycles. The topological polar surface area (TPSA) is 86.8 Å². The Morgan fingerprint density at radius 2 is 1.74 bits per heavy atom. The van der Waals surface area contributed by atoms with Gasteiger partial charge in [-0.3, -0.25) is 13.9 Å². The number of carbonyl (C=O) groups excluding carboxylic acids is 2. The number of hydrogen-bond donors (Lipinski definition) is 1. The van der Waals surface area contributed by atoms with Crippen LogP contribution in [0, 0.1) is 0 Å². The zero-order chi connectivity index (χ0) is 28.1. The fourth-order valence-corrected chi connectivity index (χ4v) is 5.66. The van der Waals surface area contributed by atoms with Crippen molar-refractivity contribution in [1.29, 1.82) is 0 Å². The van der Waals surface area contributed by atoms with Gasteiger partial charge in [0.05, 0.1) is 22.5 Å². The summed E-state index contributed by atoms with van der Waals surface area (Å²) in [4.78, 5) is 28.2. The second-order valence-corrected chi connectivity index (χ2v) is 11.7. The second kappa shape index (κ2) is 12.4. The minimum Gasteiger partial charge on any atom is -0.352 e. The molecule has 0 aromatic heterocycles. The smallest absolute Gasteiger partial charge is 0.352 e. The van der Waals surface area contributed by atoms with E-state index in [1.807, 2.05) is 0 Å². The predicted molar refractivity (Wildman–Crippen MR) is 140 cm³/mol. The number of sulfonamides is 1.